The number of aromatic nitrogens is 1. The van der Waals surface area contributed by atoms with Gasteiger partial charge in [-0.3, -0.25) is 20.1 Å². The van der Waals surface area contributed by atoms with Crippen LogP contribution in [0.1, 0.15) is 36.8 Å². The Morgan fingerprint density at radius 3 is 2.35 bits per heavy atom. The van der Waals surface area contributed by atoms with E-state index < -0.39 is 0 Å². The fraction of sp³-hybridized carbons (Fsp3) is 0.500. The maximum absolute atomic E-state index is 4.13. The normalized spacial score (nSPS) is 29.5. The van der Waals surface area contributed by atoms with E-state index in [4.69, 9.17) is 0 Å². The first-order valence-electron chi connectivity index (χ1n) is 9.71. The number of hydrogen-bond acceptors (Lipinski definition) is 4. The number of rotatable bonds is 4. The molecule has 138 valence electrons. The Morgan fingerprint density at radius 1 is 1.00 bits per heavy atom. The highest BCUT2D eigenvalue weighted by atomic mass is 15.3. The molecule has 4 rings (SSSR count). The van der Waals surface area contributed by atoms with Crippen molar-refractivity contribution in [1.82, 2.24) is 20.1 Å². The fourth-order valence-electron chi connectivity index (χ4n) is 4.90. The van der Waals surface area contributed by atoms with E-state index in [9.17, 15) is 0 Å². The van der Waals surface area contributed by atoms with E-state index in [-0.39, 0.29) is 11.1 Å². The Hall–Kier alpha value is -1.75. The summed E-state index contributed by atoms with van der Waals surface area (Å²) in [6.07, 6.45) is 8.65. The van der Waals surface area contributed by atoms with Gasteiger partial charge >= 0.3 is 0 Å². The molecule has 26 heavy (non-hydrogen) atoms. The van der Waals surface area contributed by atoms with Crippen LogP contribution in [0.2, 0.25) is 0 Å². The highest BCUT2D eigenvalue weighted by molar-refractivity contribution is 5.26. The van der Waals surface area contributed by atoms with E-state index in [1.807, 2.05) is 12.4 Å². The van der Waals surface area contributed by atoms with E-state index in [1.165, 1.54) is 36.8 Å². The summed E-state index contributed by atoms with van der Waals surface area (Å²) in [6, 6.07) is 15.3. The second-order valence-corrected chi connectivity index (χ2v) is 8.25. The molecule has 1 aromatic heterocycles. The number of nitrogens with one attached hydrogen (secondary N) is 1. The molecular weight excluding hydrogens is 320 g/mol. The van der Waals surface area contributed by atoms with Gasteiger partial charge in [-0.15, -0.1) is 0 Å². The van der Waals surface area contributed by atoms with Gasteiger partial charge in [-0.25, -0.2) is 0 Å². The molecule has 4 heteroatoms. The standard InChI is InChI=1S/C22H30N4/c1-25(2)22(20-6-4-3-5-7-20)12-10-21(11-13-22)17-26(18-24-21)16-19-8-14-23-15-9-19/h3-9,14-15,24H,10-13,16-18H2,1-2H3/t21-,22-. The summed E-state index contributed by atoms with van der Waals surface area (Å²) >= 11 is 0. The zero-order chi connectivity index (χ0) is 18.0. The van der Waals surface area contributed by atoms with Crippen LogP contribution in [0.5, 0.6) is 0 Å². The predicted molar refractivity (Wildman–Crippen MR) is 106 cm³/mol. The first kappa shape index (κ1) is 17.7. The van der Waals surface area contributed by atoms with Gasteiger partial charge in [0.2, 0.25) is 0 Å². The van der Waals surface area contributed by atoms with E-state index in [0.29, 0.717) is 0 Å². The molecule has 1 N–H and O–H groups in total. The van der Waals surface area contributed by atoms with Crippen LogP contribution in [0.15, 0.2) is 54.9 Å². The van der Waals surface area contributed by atoms with E-state index in [2.05, 4.69) is 76.7 Å². The molecule has 4 nitrogen and oxygen atoms in total. The van der Waals surface area contributed by atoms with Gasteiger partial charge < -0.3 is 0 Å². The third-order valence-corrected chi connectivity index (χ3v) is 6.56. The zero-order valence-corrected chi connectivity index (χ0v) is 16.0. The van der Waals surface area contributed by atoms with Gasteiger partial charge in [0.25, 0.3) is 0 Å². The smallest absolute Gasteiger partial charge is 0.0489 e. The molecule has 1 aliphatic carbocycles. The van der Waals surface area contributed by atoms with Crippen LogP contribution in [0.4, 0.5) is 0 Å². The molecule has 2 aromatic rings. The molecule has 2 aliphatic rings. The lowest BCUT2D eigenvalue weighted by Gasteiger charge is -2.49. The summed E-state index contributed by atoms with van der Waals surface area (Å²) < 4.78 is 0. The van der Waals surface area contributed by atoms with Gasteiger partial charge in [0, 0.05) is 43.2 Å². The van der Waals surface area contributed by atoms with Gasteiger partial charge in [-0.1, -0.05) is 30.3 Å². The Morgan fingerprint density at radius 2 is 1.69 bits per heavy atom. The average molecular weight is 351 g/mol. The highest BCUT2D eigenvalue weighted by Gasteiger charge is 2.47. The van der Waals surface area contributed by atoms with Gasteiger partial charge in [0.05, 0.1) is 0 Å². The van der Waals surface area contributed by atoms with Crippen LogP contribution >= 0.6 is 0 Å². The SMILES string of the molecule is CN(C)[C@]1(c2ccccc2)CC[C@@]2(CC1)CN(Cc1ccncc1)CN2. The maximum Gasteiger partial charge on any atom is 0.0489 e. The minimum atomic E-state index is 0.173. The molecule has 0 radical (unpaired) electrons. The van der Waals surface area contributed by atoms with E-state index >= 15 is 0 Å². The molecule has 1 saturated heterocycles. The molecule has 0 bridgehead atoms. The van der Waals surface area contributed by atoms with Crippen molar-refractivity contribution in [2.24, 2.45) is 0 Å². The lowest BCUT2D eigenvalue weighted by Crippen LogP contribution is -2.53. The lowest BCUT2D eigenvalue weighted by atomic mass is 9.69. The van der Waals surface area contributed by atoms with Gasteiger partial charge in [0.15, 0.2) is 0 Å². The predicted octanol–water partition coefficient (Wildman–Crippen LogP) is 3.21. The van der Waals surface area contributed by atoms with Crippen molar-refractivity contribution in [3.8, 4) is 0 Å². The summed E-state index contributed by atoms with van der Waals surface area (Å²) in [5.41, 5.74) is 3.27. The van der Waals surface area contributed by atoms with Crippen LogP contribution in [0.3, 0.4) is 0 Å². The van der Waals surface area contributed by atoms with Crippen molar-refractivity contribution in [2.75, 3.05) is 27.3 Å². The van der Waals surface area contributed by atoms with Crippen LogP contribution < -0.4 is 5.32 Å². The molecule has 1 spiro atoms. The summed E-state index contributed by atoms with van der Waals surface area (Å²) in [5.74, 6) is 0. The van der Waals surface area contributed by atoms with E-state index in [1.54, 1.807) is 0 Å². The van der Waals surface area contributed by atoms with Crippen molar-refractivity contribution in [3.05, 3.63) is 66.0 Å². The first-order valence-corrected chi connectivity index (χ1v) is 9.71. The molecule has 0 amide bonds. The summed E-state index contributed by atoms with van der Waals surface area (Å²) in [6.45, 7) is 3.14. The molecule has 0 atom stereocenters. The van der Waals surface area contributed by atoms with Crippen molar-refractivity contribution in [1.29, 1.82) is 0 Å². The van der Waals surface area contributed by atoms with Crippen LogP contribution in [-0.4, -0.2) is 47.6 Å². The topological polar surface area (TPSA) is 31.4 Å². The Bertz CT molecular complexity index is 705. The molecule has 1 aromatic carbocycles. The number of pyridine rings is 1. The number of hydrogen-bond donors (Lipinski definition) is 1. The quantitative estimate of drug-likeness (QED) is 0.917. The Balaban J connectivity index is 1.44. The lowest BCUT2D eigenvalue weighted by molar-refractivity contribution is 0.0616. The minimum Gasteiger partial charge on any atom is -0.300 e. The van der Waals surface area contributed by atoms with Crippen LogP contribution in [0.25, 0.3) is 0 Å². The number of benzene rings is 1. The van der Waals surface area contributed by atoms with E-state index in [0.717, 1.165) is 19.8 Å². The molecule has 2 heterocycles. The second-order valence-electron chi connectivity index (χ2n) is 8.25. The van der Waals surface area contributed by atoms with Crippen molar-refractivity contribution >= 4 is 0 Å². The van der Waals surface area contributed by atoms with Crippen molar-refractivity contribution in [3.63, 3.8) is 0 Å². The van der Waals surface area contributed by atoms with Crippen LogP contribution in [0, 0.1) is 0 Å². The third kappa shape index (κ3) is 3.29. The maximum atomic E-state index is 4.13. The van der Waals surface area contributed by atoms with Crippen molar-refractivity contribution < 1.29 is 0 Å². The van der Waals surface area contributed by atoms with Crippen LogP contribution in [-0.2, 0) is 12.1 Å². The van der Waals surface area contributed by atoms with Gasteiger partial charge in [-0.2, -0.15) is 0 Å². The Kier molecular flexibility index (Phi) is 4.82. The monoisotopic (exact) mass is 350 g/mol. The largest absolute Gasteiger partial charge is 0.300 e. The fourth-order valence-corrected chi connectivity index (χ4v) is 4.90. The second kappa shape index (κ2) is 7.10. The number of nitrogens with zero attached hydrogens (tertiary/aromatic N) is 3. The summed E-state index contributed by atoms with van der Waals surface area (Å²) in [4.78, 5) is 9.11. The molecule has 2 fully saturated rings. The third-order valence-electron chi connectivity index (χ3n) is 6.56. The Labute approximate surface area is 157 Å². The highest BCUT2D eigenvalue weighted by Crippen LogP contribution is 2.45. The van der Waals surface area contributed by atoms with Gasteiger partial charge in [0.1, 0.15) is 0 Å². The molecule has 1 saturated carbocycles. The molecule has 0 unspecified atom stereocenters. The van der Waals surface area contributed by atoms with Gasteiger partial charge in [-0.05, 0) is 63.0 Å². The molecular formula is C22H30N4. The van der Waals surface area contributed by atoms with Crippen molar-refractivity contribution in [2.45, 2.75) is 43.3 Å². The first-order chi connectivity index (χ1) is 12.6. The average Bonchev–Trinajstić information content (AvgIpc) is 3.06. The minimum absolute atomic E-state index is 0.173. The summed E-state index contributed by atoms with van der Waals surface area (Å²) in [5, 5.41) is 3.86. The summed E-state index contributed by atoms with van der Waals surface area (Å²) in [7, 11) is 4.48. The molecule has 1 aliphatic heterocycles. The zero-order valence-electron chi connectivity index (χ0n) is 16.0.